The quantitative estimate of drug-likeness (QED) is 0.874. The van der Waals surface area contributed by atoms with Gasteiger partial charge in [0.2, 0.25) is 5.91 Å². The van der Waals surface area contributed by atoms with E-state index in [1.807, 2.05) is 31.2 Å². The molecule has 0 radical (unpaired) electrons. The van der Waals surface area contributed by atoms with Crippen molar-refractivity contribution >= 4 is 5.91 Å². The van der Waals surface area contributed by atoms with Crippen molar-refractivity contribution in [2.24, 2.45) is 11.1 Å². The van der Waals surface area contributed by atoms with Crippen LogP contribution in [0.4, 0.5) is 0 Å². The van der Waals surface area contributed by atoms with E-state index in [9.17, 15) is 4.79 Å². The zero-order valence-corrected chi connectivity index (χ0v) is 11.9. The third-order valence-corrected chi connectivity index (χ3v) is 4.32. The summed E-state index contributed by atoms with van der Waals surface area (Å²) in [5, 5.41) is 3.15. The van der Waals surface area contributed by atoms with Crippen molar-refractivity contribution in [3.63, 3.8) is 0 Å². The van der Waals surface area contributed by atoms with Crippen molar-refractivity contribution in [2.45, 2.75) is 52.1 Å². The van der Waals surface area contributed by atoms with Crippen molar-refractivity contribution in [3.05, 3.63) is 35.4 Å². The second-order valence-corrected chi connectivity index (χ2v) is 5.91. The van der Waals surface area contributed by atoms with Gasteiger partial charge in [-0.2, -0.15) is 0 Å². The number of rotatable bonds is 4. The lowest BCUT2D eigenvalue weighted by Crippen LogP contribution is -2.38. The number of carbonyl (C=O) groups excluding carboxylic acids is 1. The Balaban J connectivity index is 1.99. The van der Waals surface area contributed by atoms with E-state index in [0.717, 1.165) is 24.0 Å². The Kier molecular flexibility index (Phi) is 4.25. The van der Waals surface area contributed by atoms with Crippen LogP contribution in [0.3, 0.4) is 0 Å². The molecule has 0 aliphatic heterocycles. The van der Waals surface area contributed by atoms with Gasteiger partial charge < -0.3 is 11.1 Å². The van der Waals surface area contributed by atoms with Gasteiger partial charge in [0.05, 0.1) is 6.04 Å². The molecule has 1 saturated carbocycles. The topological polar surface area (TPSA) is 55.1 Å². The first kappa shape index (κ1) is 14.1. The van der Waals surface area contributed by atoms with E-state index in [1.54, 1.807) is 0 Å². The molecular formula is C16H24N2O. The number of hydrogen-bond donors (Lipinski definition) is 2. The molecule has 0 saturated heterocycles. The molecule has 3 heteroatoms. The Bertz CT molecular complexity index is 433. The molecule has 1 amide bonds. The molecule has 2 rings (SSSR count). The molecular weight excluding hydrogens is 236 g/mol. The van der Waals surface area contributed by atoms with E-state index < -0.39 is 0 Å². The van der Waals surface area contributed by atoms with E-state index >= 15 is 0 Å². The van der Waals surface area contributed by atoms with Gasteiger partial charge >= 0.3 is 0 Å². The zero-order valence-electron chi connectivity index (χ0n) is 11.9. The fraction of sp³-hybridized carbons (Fsp3) is 0.562. The van der Waals surface area contributed by atoms with Crippen molar-refractivity contribution in [1.82, 2.24) is 5.32 Å². The highest BCUT2D eigenvalue weighted by atomic mass is 16.2. The summed E-state index contributed by atoms with van der Waals surface area (Å²) in [5.41, 5.74) is 7.67. The van der Waals surface area contributed by atoms with Crippen molar-refractivity contribution in [3.8, 4) is 0 Å². The van der Waals surface area contributed by atoms with Gasteiger partial charge in [-0.25, -0.2) is 0 Å². The Morgan fingerprint density at radius 2 is 1.89 bits per heavy atom. The summed E-state index contributed by atoms with van der Waals surface area (Å²) in [6.45, 7) is 4.67. The Labute approximate surface area is 115 Å². The van der Waals surface area contributed by atoms with Gasteiger partial charge in [0.1, 0.15) is 0 Å². The Morgan fingerprint density at radius 1 is 1.32 bits per heavy atom. The normalized spacial score (nSPS) is 19.1. The third-order valence-electron chi connectivity index (χ3n) is 4.32. The van der Waals surface area contributed by atoms with E-state index in [0.29, 0.717) is 6.54 Å². The molecule has 1 aromatic carbocycles. The van der Waals surface area contributed by atoms with Crippen LogP contribution < -0.4 is 11.1 Å². The van der Waals surface area contributed by atoms with Crippen molar-refractivity contribution < 1.29 is 4.79 Å². The maximum Gasteiger partial charge on any atom is 0.226 e. The van der Waals surface area contributed by atoms with Gasteiger partial charge in [0.25, 0.3) is 0 Å². The monoisotopic (exact) mass is 260 g/mol. The molecule has 1 aliphatic carbocycles. The summed E-state index contributed by atoms with van der Waals surface area (Å²) in [7, 11) is 0. The molecule has 1 aromatic rings. The molecule has 104 valence electrons. The van der Waals surface area contributed by atoms with E-state index in [-0.39, 0.29) is 17.4 Å². The smallest absolute Gasteiger partial charge is 0.226 e. The molecule has 0 aromatic heterocycles. The van der Waals surface area contributed by atoms with Crippen LogP contribution in [0, 0.1) is 5.41 Å². The maximum atomic E-state index is 12.3. The van der Waals surface area contributed by atoms with Crippen LogP contribution >= 0.6 is 0 Å². The second kappa shape index (κ2) is 5.74. The lowest BCUT2D eigenvalue weighted by molar-refractivity contribution is -0.130. The summed E-state index contributed by atoms with van der Waals surface area (Å²) < 4.78 is 0. The SMILES string of the molecule is CC(NC(=O)C1(C)CCCC1)c1ccc(CN)cc1. The second-order valence-electron chi connectivity index (χ2n) is 5.91. The first-order valence-electron chi connectivity index (χ1n) is 7.15. The molecule has 1 unspecified atom stereocenters. The highest BCUT2D eigenvalue weighted by Crippen LogP contribution is 2.38. The van der Waals surface area contributed by atoms with Crippen LogP contribution in [-0.4, -0.2) is 5.91 Å². The molecule has 0 bridgehead atoms. The molecule has 3 N–H and O–H groups in total. The summed E-state index contributed by atoms with van der Waals surface area (Å²) in [6.07, 6.45) is 4.36. The molecule has 1 fully saturated rings. The van der Waals surface area contributed by atoms with E-state index in [4.69, 9.17) is 5.73 Å². The number of hydrogen-bond acceptors (Lipinski definition) is 2. The number of benzene rings is 1. The van der Waals surface area contributed by atoms with Gasteiger partial charge in [-0.1, -0.05) is 44.0 Å². The van der Waals surface area contributed by atoms with Crippen LogP contribution in [0.2, 0.25) is 0 Å². The minimum atomic E-state index is -0.161. The Hall–Kier alpha value is -1.35. The molecule has 0 spiro atoms. The van der Waals surface area contributed by atoms with Gasteiger partial charge in [-0.3, -0.25) is 4.79 Å². The minimum Gasteiger partial charge on any atom is -0.349 e. The van der Waals surface area contributed by atoms with Gasteiger partial charge in [-0.15, -0.1) is 0 Å². The number of amides is 1. The fourth-order valence-corrected chi connectivity index (χ4v) is 2.78. The van der Waals surface area contributed by atoms with E-state index in [1.165, 1.54) is 12.8 Å². The number of nitrogens with one attached hydrogen (secondary N) is 1. The highest BCUT2D eigenvalue weighted by molar-refractivity contribution is 5.82. The predicted molar refractivity (Wildman–Crippen MR) is 77.5 cm³/mol. The molecule has 3 nitrogen and oxygen atoms in total. The average molecular weight is 260 g/mol. The molecule has 1 atom stereocenters. The largest absolute Gasteiger partial charge is 0.349 e. The van der Waals surface area contributed by atoms with E-state index in [2.05, 4.69) is 12.2 Å². The predicted octanol–water partition coefficient (Wildman–Crippen LogP) is 2.90. The minimum absolute atomic E-state index is 0.0525. The first-order chi connectivity index (χ1) is 9.05. The van der Waals surface area contributed by atoms with Crippen LogP contribution in [0.15, 0.2) is 24.3 Å². The fourth-order valence-electron chi connectivity index (χ4n) is 2.78. The van der Waals surface area contributed by atoms with Crippen molar-refractivity contribution in [2.75, 3.05) is 0 Å². The Morgan fingerprint density at radius 3 is 2.42 bits per heavy atom. The molecule has 19 heavy (non-hydrogen) atoms. The highest BCUT2D eigenvalue weighted by Gasteiger charge is 2.36. The van der Waals surface area contributed by atoms with Crippen LogP contribution in [0.1, 0.15) is 56.7 Å². The zero-order chi connectivity index (χ0) is 13.9. The van der Waals surface area contributed by atoms with Crippen LogP contribution in [-0.2, 0) is 11.3 Å². The maximum absolute atomic E-state index is 12.3. The average Bonchev–Trinajstić information content (AvgIpc) is 2.87. The summed E-state index contributed by atoms with van der Waals surface area (Å²) in [5.74, 6) is 0.195. The third kappa shape index (κ3) is 3.16. The van der Waals surface area contributed by atoms with Crippen molar-refractivity contribution in [1.29, 1.82) is 0 Å². The standard InChI is InChI=1S/C16H24N2O/c1-12(14-7-5-13(11-17)6-8-14)18-15(19)16(2)9-3-4-10-16/h5-8,12H,3-4,9-11,17H2,1-2H3,(H,18,19). The molecule has 1 aliphatic rings. The van der Waals surface area contributed by atoms with Gasteiger partial charge in [0.15, 0.2) is 0 Å². The van der Waals surface area contributed by atoms with Crippen LogP contribution in [0.5, 0.6) is 0 Å². The first-order valence-corrected chi connectivity index (χ1v) is 7.15. The van der Waals surface area contributed by atoms with Crippen LogP contribution in [0.25, 0.3) is 0 Å². The molecule has 0 heterocycles. The van der Waals surface area contributed by atoms with Gasteiger partial charge in [-0.05, 0) is 30.9 Å². The summed E-state index contributed by atoms with van der Waals surface area (Å²) in [4.78, 5) is 12.3. The lowest BCUT2D eigenvalue weighted by atomic mass is 9.87. The van der Waals surface area contributed by atoms with Gasteiger partial charge in [0, 0.05) is 12.0 Å². The summed E-state index contributed by atoms with van der Waals surface area (Å²) >= 11 is 0. The lowest BCUT2D eigenvalue weighted by Gasteiger charge is -2.25. The summed E-state index contributed by atoms with van der Waals surface area (Å²) in [6, 6.07) is 8.19. The number of nitrogens with two attached hydrogens (primary N) is 1. The number of carbonyl (C=O) groups is 1.